The third-order valence-electron chi connectivity index (χ3n) is 3.98. The lowest BCUT2D eigenvalue weighted by Gasteiger charge is -2.31. The molecule has 124 valence electrons. The van der Waals surface area contributed by atoms with Gasteiger partial charge in [-0.05, 0) is 24.3 Å². The summed E-state index contributed by atoms with van der Waals surface area (Å²) in [6.45, 7) is 3.11. The highest BCUT2D eigenvalue weighted by atomic mass is 32.1. The van der Waals surface area contributed by atoms with Gasteiger partial charge in [0.1, 0.15) is 16.9 Å². The Bertz CT molecular complexity index is 805. The first-order valence-electron chi connectivity index (χ1n) is 7.82. The molecular formula is C17H17FN4OS. The number of halogens is 1. The minimum atomic E-state index is -0.260. The Labute approximate surface area is 143 Å². The minimum absolute atomic E-state index is 0.0315. The molecular weight excluding hydrogens is 327 g/mol. The maximum absolute atomic E-state index is 13.3. The molecule has 4 rings (SSSR count). The number of morpholine rings is 1. The van der Waals surface area contributed by atoms with Crippen LogP contribution in [0.5, 0.6) is 0 Å². The maximum atomic E-state index is 13.3. The van der Waals surface area contributed by atoms with Gasteiger partial charge >= 0.3 is 0 Å². The van der Waals surface area contributed by atoms with Crippen LogP contribution in [0.25, 0.3) is 5.69 Å². The summed E-state index contributed by atoms with van der Waals surface area (Å²) in [5.74, 6) is -0.260. The number of ether oxygens (including phenoxy) is 1. The first kappa shape index (κ1) is 15.4. The first-order chi connectivity index (χ1) is 11.8. The number of rotatable bonds is 4. The molecule has 1 aliphatic heterocycles. The molecule has 0 saturated carbocycles. The van der Waals surface area contributed by atoms with Crippen LogP contribution in [-0.2, 0) is 11.3 Å². The van der Waals surface area contributed by atoms with Gasteiger partial charge in [0.2, 0.25) is 0 Å². The summed E-state index contributed by atoms with van der Waals surface area (Å²) in [6, 6.07) is 8.41. The average molecular weight is 344 g/mol. The van der Waals surface area contributed by atoms with Crippen molar-refractivity contribution in [3.05, 3.63) is 64.6 Å². The van der Waals surface area contributed by atoms with Gasteiger partial charge in [0.25, 0.3) is 0 Å². The second kappa shape index (κ2) is 6.80. The molecule has 1 aliphatic rings. The van der Waals surface area contributed by atoms with Crippen LogP contribution < -0.4 is 0 Å². The van der Waals surface area contributed by atoms with Gasteiger partial charge in [-0.25, -0.2) is 14.1 Å². The van der Waals surface area contributed by atoms with E-state index in [1.54, 1.807) is 22.1 Å². The first-order valence-corrected chi connectivity index (χ1v) is 8.70. The minimum Gasteiger partial charge on any atom is -0.368 e. The molecule has 5 nitrogen and oxygen atoms in total. The topological polar surface area (TPSA) is 43.2 Å². The Morgan fingerprint density at radius 3 is 3.12 bits per heavy atom. The third kappa shape index (κ3) is 3.38. The number of nitrogens with zero attached hydrogens (tertiary/aromatic N) is 4. The van der Waals surface area contributed by atoms with E-state index in [1.165, 1.54) is 12.1 Å². The molecule has 1 atom stereocenters. The smallest absolute Gasteiger partial charge is 0.125 e. The van der Waals surface area contributed by atoms with Crippen LogP contribution in [0, 0.1) is 5.82 Å². The largest absolute Gasteiger partial charge is 0.368 e. The van der Waals surface area contributed by atoms with Crippen molar-refractivity contribution in [2.45, 2.75) is 12.6 Å². The van der Waals surface area contributed by atoms with Crippen LogP contribution in [-0.4, -0.2) is 39.4 Å². The predicted molar refractivity (Wildman–Crippen MR) is 89.6 cm³/mol. The fourth-order valence-electron chi connectivity index (χ4n) is 2.83. The second-order valence-corrected chi connectivity index (χ2v) is 6.62. The highest BCUT2D eigenvalue weighted by Crippen LogP contribution is 2.24. The Balaban J connectivity index is 1.44. The van der Waals surface area contributed by atoms with E-state index in [2.05, 4.69) is 15.0 Å². The van der Waals surface area contributed by atoms with Gasteiger partial charge in [0.15, 0.2) is 0 Å². The third-order valence-corrected chi connectivity index (χ3v) is 4.85. The van der Waals surface area contributed by atoms with Gasteiger partial charge in [-0.2, -0.15) is 5.10 Å². The molecule has 0 N–H and O–H groups in total. The van der Waals surface area contributed by atoms with Gasteiger partial charge in [-0.1, -0.05) is 6.07 Å². The van der Waals surface area contributed by atoms with Crippen molar-refractivity contribution in [3.63, 3.8) is 0 Å². The van der Waals surface area contributed by atoms with Crippen molar-refractivity contribution in [2.75, 3.05) is 19.7 Å². The van der Waals surface area contributed by atoms with Crippen LogP contribution in [0.4, 0.5) is 4.39 Å². The van der Waals surface area contributed by atoms with E-state index in [4.69, 9.17) is 4.74 Å². The summed E-state index contributed by atoms with van der Waals surface area (Å²) in [6.07, 6.45) is 3.70. The number of hydrogen-bond donors (Lipinski definition) is 0. The van der Waals surface area contributed by atoms with Gasteiger partial charge in [-0.15, -0.1) is 11.3 Å². The van der Waals surface area contributed by atoms with Crippen molar-refractivity contribution >= 4 is 11.3 Å². The monoisotopic (exact) mass is 344 g/mol. The normalized spacial score (nSPS) is 18.8. The summed E-state index contributed by atoms with van der Waals surface area (Å²) in [5, 5.41) is 7.55. The van der Waals surface area contributed by atoms with Crippen molar-refractivity contribution in [1.29, 1.82) is 0 Å². The van der Waals surface area contributed by atoms with E-state index in [9.17, 15) is 4.39 Å². The van der Waals surface area contributed by atoms with Crippen LogP contribution in [0.2, 0.25) is 0 Å². The van der Waals surface area contributed by atoms with Crippen molar-refractivity contribution < 1.29 is 9.13 Å². The van der Waals surface area contributed by atoms with E-state index in [0.29, 0.717) is 6.61 Å². The zero-order chi connectivity index (χ0) is 16.4. The molecule has 24 heavy (non-hydrogen) atoms. The highest BCUT2D eigenvalue weighted by molar-refractivity contribution is 7.09. The summed E-state index contributed by atoms with van der Waals surface area (Å²) >= 11 is 1.62. The van der Waals surface area contributed by atoms with Gasteiger partial charge < -0.3 is 4.74 Å². The standard InChI is InChI=1S/C17H17FN4OS/c18-13-2-1-3-15(10-13)22-6-4-14(20-22)11-21-7-8-23-16(12-21)17-19-5-9-24-17/h1-6,9-10,16H,7-8,11-12H2/t16-/m0/s1. The van der Waals surface area contributed by atoms with Crippen molar-refractivity contribution in [2.24, 2.45) is 0 Å². The predicted octanol–water partition coefficient (Wildman–Crippen LogP) is 3.04. The number of aromatic nitrogens is 3. The molecule has 1 saturated heterocycles. The van der Waals surface area contributed by atoms with E-state index < -0.39 is 0 Å². The van der Waals surface area contributed by atoms with Gasteiger partial charge in [0, 0.05) is 37.4 Å². The molecule has 0 radical (unpaired) electrons. The molecule has 0 amide bonds. The molecule has 0 bridgehead atoms. The summed E-state index contributed by atoms with van der Waals surface area (Å²) in [4.78, 5) is 6.66. The molecule has 7 heteroatoms. The van der Waals surface area contributed by atoms with Crippen molar-refractivity contribution in [3.8, 4) is 5.69 Å². The molecule has 0 unspecified atom stereocenters. The summed E-state index contributed by atoms with van der Waals surface area (Å²) in [7, 11) is 0. The number of hydrogen-bond acceptors (Lipinski definition) is 5. The van der Waals surface area contributed by atoms with Gasteiger partial charge in [0.05, 0.1) is 18.0 Å². The van der Waals surface area contributed by atoms with Crippen LogP contribution >= 0.6 is 11.3 Å². The molecule has 0 aliphatic carbocycles. The van der Waals surface area contributed by atoms with E-state index in [-0.39, 0.29) is 11.9 Å². The highest BCUT2D eigenvalue weighted by Gasteiger charge is 2.24. The Kier molecular flexibility index (Phi) is 4.38. The lowest BCUT2D eigenvalue weighted by molar-refractivity contribution is -0.0333. The number of benzene rings is 1. The molecule has 1 aromatic carbocycles. The average Bonchev–Trinajstić information content (AvgIpc) is 3.27. The zero-order valence-corrected chi connectivity index (χ0v) is 13.8. The number of thiazole rings is 1. The quantitative estimate of drug-likeness (QED) is 0.730. The second-order valence-electron chi connectivity index (χ2n) is 5.70. The summed E-state index contributed by atoms with van der Waals surface area (Å²) in [5.41, 5.74) is 1.68. The van der Waals surface area contributed by atoms with Crippen LogP contribution in [0.15, 0.2) is 48.1 Å². The van der Waals surface area contributed by atoms with Crippen LogP contribution in [0.3, 0.4) is 0 Å². The molecule has 3 aromatic rings. The fraction of sp³-hybridized carbons (Fsp3) is 0.294. The lowest BCUT2D eigenvalue weighted by Crippen LogP contribution is -2.37. The fourth-order valence-corrected chi connectivity index (χ4v) is 3.50. The maximum Gasteiger partial charge on any atom is 0.125 e. The Hall–Kier alpha value is -2.09. The molecule has 3 heterocycles. The SMILES string of the molecule is Fc1cccc(-n2ccc(CN3CCO[C@H](c4nccs4)C3)n2)c1. The van der Waals surface area contributed by atoms with E-state index in [1.807, 2.05) is 29.9 Å². The van der Waals surface area contributed by atoms with E-state index >= 15 is 0 Å². The Morgan fingerprint density at radius 2 is 2.29 bits per heavy atom. The molecule has 0 spiro atoms. The van der Waals surface area contributed by atoms with E-state index in [0.717, 1.165) is 36.0 Å². The van der Waals surface area contributed by atoms with Crippen LogP contribution in [0.1, 0.15) is 16.8 Å². The van der Waals surface area contributed by atoms with Crippen molar-refractivity contribution in [1.82, 2.24) is 19.7 Å². The molecule has 1 fully saturated rings. The summed E-state index contributed by atoms with van der Waals surface area (Å²) < 4.78 is 20.9. The zero-order valence-electron chi connectivity index (χ0n) is 13.0. The van der Waals surface area contributed by atoms with Gasteiger partial charge in [-0.3, -0.25) is 4.90 Å². The lowest BCUT2D eigenvalue weighted by atomic mass is 10.2. The Morgan fingerprint density at radius 1 is 1.33 bits per heavy atom. The molecule has 2 aromatic heterocycles.